The molecule has 0 aliphatic carbocycles. The van der Waals surface area contributed by atoms with Crippen LogP contribution in [-0.4, -0.2) is 15.6 Å². The molecule has 3 rings (SSSR count). The highest BCUT2D eigenvalue weighted by atomic mass is 79.9. The van der Waals surface area contributed by atoms with Gasteiger partial charge < -0.3 is 0 Å². The minimum Gasteiger partial charge on any atom is -0.274 e. The average molecular weight is 443 g/mol. The molecule has 0 unspecified atom stereocenters. The summed E-state index contributed by atoms with van der Waals surface area (Å²) in [5.74, 6) is 0.0702. The van der Waals surface area contributed by atoms with Gasteiger partial charge in [0.25, 0.3) is 5.56 Å². The molecular formula is C14H9Br2N3O2S. The number of rotatable bonds is 2. The first-order valence-electron chi connectivity index (χ1n) is 6.20. The Morgan fingerprint density at radius 3 is 2.77 bits per heavy atom. The van der Waals surface area contributed by atoms with Crippen LogP contribution in [-0.2, 0) is 4.79 Å². The number of carbonyl (C=O) groups is 1. The van der Waals surface area contributed by atoms with Crippen molar-refractivity contribution in [1.29, 1.82) is 0 Å². The van der Waals surface area contributed by atoms with Gasteiger partial charge in [0.05, 0.1) is 15.8 Å². The van der Waals surface area contributed by atoms with Crippen molar-refractivity contribution in [3.05, 3.63) is 48.9 Å². The predicted octanol–water partition coefficient (Wildman–Crippen LogP) is 3.74. The first-order chi connectivity index (χ1) is 10.5. The second-order valence-corrected chi connectivity index (χ2v) is 7.22. The number of aromatic nitrogens is 2. The van der Waals surface area contributed by atoms with E-state index >= 15 is 0 Å². The number of nitrogens with one attached hydrogen (secondary N) is 1. The van der Waals surface area contributed by atoms with Crippen LogP contribution in [0.25, 0.3) is 21.6 Å². The van der Waals surface area contributed by atoms with E-state index in [-0.39, 0.29) is 11.5 Å². The van der Waals surface area contributed by atoms with Crippen LogP contribution in [0.4, 0.5) is 0 Å². The Kier molecular flexibility index (Phi) is 4.16. The summed E-state index contributed by atoms with van der Waals surface area (Å²) >= 11 is 8.23. The molecule has 8 heteroatoms. The van der Waals surface area contributed by atoms with E-state index in [1.54, 1.807) is 6.07 Å². The maximum absolute atomic E-state index is 12.8. The Balaban J connectivity index is 2.42. The number of halogens is 2. The normalized spacial score (nSPS) is 10.9. The van der Waals surface area contributed by atoms with Gasteiger partial charge in [0.15, 0.2) is 5.82 Å². The lowest BCUT2D eigenvalue weighted by Gasteiger charge is -2.13. The lowest BCUT2D eigenvalue weighted by molar-refractivity contribution is -0.115. The minimum absolute atomic E-state index is 0.328. The molecule has 0 bridgehead atoms. The molecule has 0 aliphatic heterocycles. The molecule has 5 nitrogen and oxygen atoms in total. The maximum atomic E-state index is 12.8. The van der Waals surface area contributed by atoms with Gasteiger partial charge in [0.2, 0.25) is 5.91 Å². The number of benzene rings is 1. The van der Waals surface area contributed by atoms with Gasteiger partial charge in [-0.05, 0) is 39.5 Å². The minimum atomic E-state index is -0.338. The standard InChI is InChI=1S/C14H9Br2N3O2S/c1-7(20)18-19-13(11-3-2-4-22-11)17-12-9(14(19)21)5-8(15)6-10(12)16/h2-6H,1H3,(H,18,20). The van der Waals surface area contributed by atoms with Gasteiger partial charge in [0, 0.05) is 15.9 Å². The Bertz CT molecular complexity index is 935. The smallest absolute Gasteiger partial charge is 0.274 e. The van der Waals surface area contributed by atoms with Crippen LogP contribution in [0.5, 0.6) is 0 Å². The monoisotopic (exact) mass is 441 g/mol. The molecule has 0 saturated heterocycles. The summed E-state index contributed by atoms with van der Waals surface area (Å²) in [5.41, 5.74) is 2.77. The predicted molar refractivity (Wildman–Crippen MR) is 94.8 cm³/mol. The summed E-state index contributed by atoms with van der Waals surface area (Å²) in [6.07, 6.45) is 0. The van der Waals surface area contributed by atoms with Gasteiger partial charge in [-0.1, -0.05) is 22.0 Å². The Hall–Kier alpha value is -1.51. The molecule has 0 aliphatic rings. The Morgan fingerprint density at radius 2 is 2.14 bits per heavy atom. The van der Waals surface area contributed by atoms with Gasteiger partial charge in [-0.3, -0.25) is 15.0 Å². The van der Waals surface area contributed by atoms with E-state index in [4.69, 9.17) is 0 Å². The van der Waals surface area contributed by atoms with Crippen LogP contribution in [0, 0.1) is 0 Å². The molecule has 3 aromatic rings. The SMILES string of the molecule is CC(=O)Nn1c(-c2cccs2)nc2c(Br)cc(Br)cc2c1=O. The molecule has 0 fully saturated rings. The van der Waals surface area contributed by atoms with Crippen molar-refractivity contribution in [2.24, 2.45) is 0 Å². The number of amides is 1. The lowest BCUT2D eigenvalue weighted by atomic mass is 10.2. The molecule has 1 aromatic carbocycles. The number of hydrogen-bond donors (Lipinski definition) is 1. The summed E-state index contributed by atoms with van der Waals surface area (Å²) in [7, 11) is 0. The molecule has 1 N–H and O–H groups in total. The fourth-order valence-electron chi connectivity index (χ4n) is 2.05. The van der Waals surface area contributed by atoms with E-state index in [1.807, 2.05) is 23.6 Å². The third-order valence-corrected chi connectivity index (χ3v) is 4.83. The molecular weight excluding hydrogens is 434 g/mol. The number of thiophene rings is 1. The van der Waals surface area contributed by atoms with Gasteiger partial charge >= 0.3 is 0 Å². The van der Waals surface area contributed by atoms with Crippen molar-refractivity contribution in [1.82, 2.24) is 9.66 Å². The van der Waals surface area contributed by atoms with Gasteiger partial charge in [0.1, 0.15) is 0 Å². The van der Waals surface area contributed by atoms with Crippen LogP contribution >= 0.6 is 43.2 Å². The van der Waals surface area contributed by atoms with Crippen molar-refractivity contribution >= 4 is 60.0 Å². The van der Waals surface area contributed by atoms with Crippen molar-refractivity contribution in [3.63, 3.8) is 0 Å². The van der Waals surface area contributed by atoms with E-state index < -0.39 is 0 Å². The zero-order chi connectivity index (χ0) is 15.9. The van der Waals surface area contributed by atoms with Crippen LogP contribution in [0.3, 0.4) is 0 Å². The van der Waals surface area contributed by atoms with Crippen LogP contribution in [0.2, 0.25) is 0 Å². The fourth-order valence-corrected chi connectivity index (χ4v) is 4.06. The quantitative estimate of drug-likeness (QED) is 0.657. The summed E-state index contributed by atoms with van der Waals surface area (Å²) in [4.78, 5) is 29.6. The van der Waals surface area contributed by atoms with E-state index in [1.165, 1.54) is 22.9 Å². The van der Waals surface area contributed by atoms with Crippen molar-refractivity contribution in [2.45, 2.75) is 6.92 Å². The molecule has 112 valence electrons. The first-order valence-corrected chi connectivity index (χ1v) is 8.67. The molecule has 0 spiro atoms. The van der Waals surface area contributed by atoms with Crippen LogP contribution < -0.4 is 11.0 Å². The van der Waals surface area contributed by atoms with E-state index in [0.717, 1.165) is 9.35 Å². The second-order valence-electron chi connectivity index (χ2n) is 4.51. The Morgan fingerprint density at radius 1 is 1.36 bits per heavy atom. The molecule has 0 radical (unpaired) electrons. The topological polar surface area (TPSA) is 64.0 Å². The second kappa shape index (κ2) is 5.94. The fraction of sp³-hybridized carbons (Fsp3) is 0.0714. The Labute approximate surface area is 146 Å². The molecule has 2 aromatic heterocycles. The van der Waals surface area contributed by atoms with Crippen molar-refractivity contribution in [2.75, 3.05) is 5.43 Å². The highest BCUT2D eigenvalue weighted by molar-refractivity contribution is 9.11. The van der Waals surface area contributed by atoms with E-state index in [0.29, 0.717) is 21.2 Å². The maximum Gasteiger partial charge on any atom is 0.280 e. The molecule has 1 amide bonds. The van der Waals surface area contributed by atoms with Crippen LogP contribution in [0.15, 0.2) is 43.4 Å². The molecule has 22 heavy (non-hydrogen) atoms. The molecule has 2 heterocycles. The van der Waals surface area contributed by atoms with Gasteiger partial charge in [-0.25, -0.2) is 4.98 Å². The van der Waals surface area contributed by atoms with Crippen molar-refractivity contribution in [3.8, 4) is 10.7 Å². The first kappa shape index (κ1) is 15.4. The van der Waals surface area contributed by atoms with E-state index in [2.05, 4.69) is 42.3 Å². The summed E-state index contributed by atoms with van der Waals surface area (Å²) in [6, 6.07) is 7.23. The molecule has 0 saturated carbocycles. The number of fused-ring (bicyclic) bond motifs is 1. The largest absolute Gasteiger partial charge is 0.280 e. The summed E-state index contributed by atoms with van der Waals surface area (Å²) in [6.45, 7) is 1.35. The lowest BCUT2D eigenvalue weighted by Crippen LogP contribution is -2.33. The number of carbonyl (C=O) groups excluding carboxylic acids is 1. The van der Waals surface area contributed by atoms with E-state index in [9.17, 15) is 9.59 Å². The molecule has 0 atom stereocenters. The third kappa shape index (κ3) is 2.73. The van der Waals surface area contributed by atoms with Crippen LogP contribution in [0.1, 0.15) is 6.92 Å². The number of nitrogens with zero attached hydrogens (tertiary/aromatic N) is 2. The highest BCUT2D eigenvalue weighted by Crippen LogP contribution is 2.28. The summed E-state index contributed by atoms with van der Waals surface area (Å²) < 4.78 is 2.65. The number of hydrogen-bond acceptors (Lipinski definition) is 4. The zero-order valence-electron chi connectivity index (χ0n) is 11.3. The van der Waals surface area contributed by atoms with Gasteiger partial charge in [-0.15, -0.1) is 11.3 Å². The highest BCUT2D eigenvalue weighted by Gasteiger charge is 2.16. The third-order valence-electron chi connectivity index (χ3n) is 2.90. The summed E-state index contributed by atoms with van der Waals surface area (Å²) in [5, 5.41) is 2.30. The zero-order valence-corrected chi connectivity index (χ0v) is 15.3. The van der Waals surface area contributed by atoms with Crippen molar-refractivity contribution < 1.29 is 4.79 Å². The van der Waals surface area contributed by atoms with Gasteiger partial charge in [-0.2, -0.15) is 4.68 Å². The average Bonchev–Trinajstić information content (AvgIpc) is 2.96.